The van der Waals surface area contributed by atoms with E-state index in [1.807, 2.05) is 31.3 Å². The van der Waals surface area contributed by atoms with Gasteiger partial charge in [0.1, 0.15) is 12.4 Å². The van der Waals surface area contributed by atoms with Crippen molar-refractivity contribution in [2.45, 2.75) is 5.03 Å². The van der Waals surface area contributed by atoms with Gasteiger partial charge in [-0.15, -0.1) is 11.8 Å². The molecule has 0 saturated carbocycles. The van der Waals surface area contributed by atoms with Crippen LogP contribution >= 0.6 is 11.8 Å². The van der Waals surface area contributed by atoms with Crippen LogP contribution in [0.15, 0.2) is 23.6 Å². The van der Waals surface area contributed by atoms with Gasteiger partial charge in [-0.05, 0) is 12.3 Å². The zero-order chi connectivity index (χ0) is 11.3. The Morgan fingerprint density at radius 1 is 1.53 bits per heavy atom. The van der Waals surface area contributed by atoms with Crippen molar-refractivity contribution >= 4 is 17.3 Å². The minimum atomic E-state index is 0.540. The molecule has 1 heterocycles. The average molecular weight is 220 g/mol. The molecule has 0 atom stereocenters. The summed E-state index contributed by atoms with van der Waals surface area (Å²) in [4.78, 5) is 9.94. The molecule has 0 fully saturated rings. The predicted octanol–water partition coefficient (Wildman–Crippen LogP) is 1.62. The zero-order valence-electron chi connectivity index (χ0n) is 8.93. The molecule has 1 aromatic heterocycles. The molecular weight excluding hydrogens is 208 g/mol. The van der Waals surface area contributed by atoms with Crippen LogP contribution in [0.4, 0.5) is 0 Å². The normalized spacial score (nSPS) is 10.9. The van der Waals surface area contributed by atoms with E-state index in [0.717, 1.165) is 5.03 Å². The van der Waals surface area contributed by atoms with Gasteiger partial charge in [0, 0.05) is 20.3 Å². The molecule has 0 N–H and O–H groups in total. The van der Waals surface area contributed by atoms with Gasteiger partial charge in [0.15, 0.2) is 0 Å². The molecule has 0 aliphatic carbocycles. The first kappa shape index (κ1) is 11.5. The van der Waals surface area contributed by atoms with E-state index in [1.54, 1.807) is 6.20 Å². The molecule has 0 spiro atoms. The lowest BCUT2D eigenvalue weighted by atomic mass is 10.2. The fourth-order valence-corrected chi connectivity index (χ4v) is 1.39. The van der Waals surface area contributed by atoms with Crippen LogP contribution in [-0.4, -0.2) is 35.2 Å². The first-order chi connectivity index (χ1) is 7.17. The maximum atomic E-state index is 8.98. The van der Waals surface area contributed by atoms with E-state index < -0.39 is 0 Å². The van der Waals surface area contributed by atoms with Gasteiger partial charge in [-0.1, -0.05) is 0 Å². The summed E-state index contributed by atoms with van der Waals surface area (Å²) in [6.45, 7) is 0. The monoisotopic (exact) mass is 220 g/mol. The van der Waals surface area contributed by atoms with E-state index in [0.29, 0.717) is 11.3 Å². The van der Waals surface area contributed by atoms with Gasteiger partial charge >= 0.3 is 0 Å². The van der Waals surface area contributed by atoms with E-state index >= 15 is 0 Å². The molecule has 0 aliphatic heterocycles. The molecular formula is C10H12N4S. The van der Waals surface area contributed by atoms with Crippen molar-refractivity contribution < 1.29 is 0 Å². The number of nitriles is 1. The van der Waals surface area contributed by atoms with Crippen molar-refractivity contribution in [3.63, 3.8) is 0 Å². The summed E-state index contributed by atoms with van der Waals surface area (Å²) in [5, 5.41) is 9.84. The fraction of sp³-hybridized carbons (Fsp3) is 0.300. The van der Waals surface area contributed by atoms with E-state index in [4.69, 9.17) is 5.26 Å². The van der Waals surface area contributed by atoms with Crippen molar-refractivity contribution in [2.24, 2.45) is 0 Å². The molecule has 5 heteroatoms. The van der Waals surface area contributed by atoms with E-state index in [2.05, 4.69) is 16.0 Å². The molecule has 0 amide bonds. The molecule has 0 aliphatic rings. The van der Waals surface area contributed by atoms with Crippen LogP contribution in [-0.2, 0) is 0 Å². The maximum absolute atomic E-state index is 8.98. The second-order valence-corrected chi connectivity index (χ2v) is 3.89. The topological polar surface area (TPSA) is 52.8 Å². The van der Waals surface area contributed by atoms with Crippen LogP contribution in [0.1, 0.15) is 5.69 Å². The largest absolute Gasteiger partial charge is 0.382 e. The molecule has 0 saturated heterocycles. The van der Waals surface area contributed by atoms with Gasteiger partial charge in [-0.25, -0.2) is 9.97 Å². The minimum Gasteiger partial charge on any atom is -0.382 e. The van der Waals surface area contributed by atoms with Crippen molar-refractivity contribution in [3.8, 4) is 6.07 Å². The lowest BCUT2D eigenvalue weighted by Gasteiger charge is -2.06. The highest BCUT2D eigenvalue weighted by Crippen LogP contribution is 2.16. The molecule has 1 rings (SSSR count). The molecule has 15 heavy (non-hydrogen) atoms. The Morgan fingerprint density at radius 2 is 2.27 bits per heavy atom. The third-order valence-electron chi connectivity index (χ3n) is 1.63. The number of thioether (sulfide) groups is 1. The lowest BCUT2D eigenvalue weighted by molar-refractivity contribution is 0.566. The maximum Gasteiger partial charge on any atom is 0.117 e. The number of hydrogen-bond donors (Lipinski definition) is 0. The van der Waals surface area contributed by atoms with E-state index in [9.17, 15) is 0 Å². The Kier molecular flexibility index (Phi) is 4.13. The summed E-state index contributed by atoms with van der Waals surface area (Å²) in [7, 11) is 3.74. The smallest absolute Gasteiger partial charge is 0.117 e. The van der Waals surface area contributed by atoms with E-state index in [1.165, 1.54) is 18.1 Å². The highest BCUT2D eigenvalue weighted by Gasteiger charge is 2.04. The molecule has 78 valence electrons. The lowest BCUT2D eigenvalue weighted by Crippen LogP contribution is -2.03. The molecule has 0 bridgehead atoms. The van der Waals surface area contributed by atoms with Crippen molar-refractivity contribution in [3.05, 3.63) is 24.3 Å². The first-order valence-electron chi connectivity index (χ1n) is 4.32. The van der Waals surface area contributed by atoms with Crippen LogP contribution in [0.2, 0.25) is 0 Å². The highest BCUT2D eigenvalue weighted by molar-refractivity contribution is 7.98. The van der Waals surface area contributed by atoms with Crippen LogP contribution < -0.4 is 0 Å². The number of hydrogen-bond acceptors (Lipinski definition) is 5. The van der Waals surface area contributed by atoms with Gasteiger partial charge in [0.25, 0.3) is 0 Å². The van der Waals surface area contributed by atoms with Crippen molar-refractivity contribution in [1.82, 2.24) is 14.9 Å². The summed E-state index contributed by atoms with van der Waals surface area (Å²) in [5.74, 6) is 0. The van der Waals surface area contributed by atoms with Crippen LogP contribution in [0.5, 0.6) is 0 Å². The SMILES string of the molecule is CSc1cc(/C(C#N)=C\N(C)C)ncn1. The summed E-state index contributed by atoms with van der Waals surface area (Å²) < 4.78 is 0. The van der Waals surface area contributed by atoms with Crippen LogP contribution in [0, 0.1) is 11.3 Å². The molecule has 0 aromatic carbocycles. The van der Waals surface area contributed by atoms with Gasteiger partial charge in [-0.3, -0.25) is 0 Å². The molecule has 1 aromatic rings. The Bertz CT molecular complexity index is 406. The van der Waals surface area contributed by atoms with Gasteiger partial charge in [0.05, 0.1) is 16.3 Å². The standard InChI is InChI=1S/C10H12N4S/c1-14(2)6-8(5-11)9-4-10(15-3)13-7-12-9/h4,6-7H,1-3H3/b8-6-. The molecule has 4 nitrogen and oxygen atoms in total. The second kappa shape index (κ2) is 5.37. The summed E-state index contributed by atoms with van der Waals surface area (Å²) in [5.41, 5.74) is 1.20. The van der Waals surface area contributed by atoms with Crippen LogP contribution in [0.25, 0.3) is 5.57 Å². The zero-order valence-corrected chi connectivity index (χ0v) is 9.75. The minimum absolute atomic E-state index is 0.540. The first-order valence-corrected chi connectivity index (χ1v) is 5.54. The summed E-state index contributed by atoms with van der Waals surface area (Å²) in [6.07, 6.45) is 5.16. The number of nitrogens with zero attached hydrogens (tertiary/aromatic N) is 4. The van der Waals surface area contributed by atoms with Crippen molar-refractivity contribution in [1.29, 1.82) is 5.26 Å². The number of aromatic nitrogens is 2. The number of allylic oxidation sites excluding steroid dienone is 1. The third kappa shape index (κ3) is 3.26. The van der Waals surface area contributed by atoms with Gasteiger partial charge in [0.2, 0.25) is 0 Å². The fourth-order valence-electron chi connectivity index (χ4n) is 1.01. The van der Waals surface area contributed by atoms with Gasteiger partial charge in [-0.2, -0.15) is 5.26 Å². The Morgan fingerprint density at radius 3 is 2.80 bits per heavy atom. The molecule has 0 radical (unpaired) electrons. The van der Waals surface area contributed by atoms with Crippen molar-refractivity contribution in [2.75, 3.05) is 20.4 Å². The quantitative estimate of drug-likeness (QED) is 0.440. The predicted molar refractivity (Wildman–Crippen MR) is 61.1 cm³/mol. The molecule has 0 unspecified atom stereocenters. The average Bonchev–Trinajstić information content (AvgIpc) is 2.25. The second-order valence-electron chi connectivity index (χ2n) is 3.06. The summed E-state index contributed by atoms with van der Waals surface area (Å²) >= 11 is 1.53. The Labute approximate surface area is 93.6 Å². The van der Waals surface area contributed by atoms with E-state index in [-0.39, 0.29) is 0 Å². The number of rotatable bonds is 3. The van der Waals surface area contributed by atoms with Crippen LogP contribution in [0.3, 0.4) is 0 Å². The highest BCUT2D eigenvalue weighted by atomic mass is 32.2. The third-order valence-corrected chi connectivity index (χ3v) is 2.28. The summed E-state index contributed by atoms with van der Waals surface area (Å²) in [6, 6.07) is 3.93. The Hall–Kier alpha value is -1.54. The Balaban J connectivity index is 3.09. The van der Waals surface area contributed by atoms with Gasteiger partial charge < -0.3 is 4.90 Å².